The molecule has 450 valence electrons. The third kappa shape index (κ3) is 30.5. The van der Waals surface area contributed by atoms with E-state index in [1.807, 2.05) is 142 Å². The Morgan fingerprint density at radius 3 is 1.83 bits per heavy atom. The molecule has 2 aromatic carbocycles. The van der Waals surface area contributed by atoms with Gasteiger partial charge in [-0.25, -0.2) is 9.78 Å². The standard InChI is InChI=1S/C41H52N6O4.C4H8O2.C4H10.C3H8.7C2H6/c1-10-33(45-41(49)50-9)25(5)14-19-39-43-24-34(44-39)30-16-18-36-31(20-30)21-37-32-17-15-29(22-38(32)51-28(8)47(36)37)26(6)23-42-27(7)35(11-2)46(13-4)40(48)12-3;1-3-6-4(2)5;1-3-4-2;1-3-2;7*1-2/h15-18,20-24,28,33,35H,5,10-14,19H2,1-4,6-9H3,(H,43,44)(H,45,49);3H2,1-2H3;3-4H2,1-2H3;3H2,1-2H3;7*1-2H3/b26-23+,42-27?;;;;;;;;;;. The maximum absolute atomic E-state index is 12.5. The van der Waals surface area contributed by atoms with Crippen molar-refractivity contribution in [3.63, 3.8) is 0 Å². The number of alkyl carbamates (subject to hydrolysis) is 1. The summed E-state index contributed by atoms with van der Waals surface area (Å²) in [5.41, 5.74) is 9.18. The number of benzene rings is 2. The van der Waals surface area contributed by atoms with Crippen molar-refractivity contribution < 1.29 is 28.6 Å². The van der Waals surface area contributed by atoms with Crippen LogP contribution in [0.2, 0.25) is 0 Å². The zero-order valence-corrected chi connectivity index (χ0v) is 55.4. The van der Waals surface area contributed by atoms with Crippen molar-refractivity contribution in [3.8, 4) is 28.3 Å². The molecule has 0 fully saturated rings. The van der Waals surface area contributed by atoms with Gasteiger partial charge in [-0.1, -0.05) is 189 Å². The number of aliphatic imine (C=N–C) groups is 1. The summed E-state index contributed by atoms with van der Waals surface area (Å²) in [5.74, 6) is 1.65. The van der Waals surface area contributed by atoms with Crippen LogP contribution in [0.5, 0.6) is 5.75 Å². The number of amides is 2. The minimum Gasteiger partial charge on any atom is -0.470 e. The van der Waals surface area contributed by atoms with Crippen LogP contribution in [0.3, 0.4) is 0 Å². The third-order valence-corrected chi connectivity index (χ3v) is 10.7. The molecular formula is C66H120N6O6. The number of carbonyl (C=O) groups is 3. The predicted molar refractivity (Wildman–Crippen MR) is 344 cm³/mol. The number of hydrogen-bond acceptors (Lipinski definition) is 8. The first-order chi connectivity index (χ1) is 37.6. The number of nitrogens with zero attached hydrogens (tertiary/aromatic N) is 4. The summed E-state index contributed by atoms with van der Waals surface area (Å²) in [6.45, 7) is 59.3. The second-order valence-electron chi connectivity index (χ2n) is 15.8. The molecule has 3 atom stereocenters. The predicted octanol–water partition coefficient (Wildman–Crippen LogP) is 20.1. The maximum Gasteiger partial charge on any atom is 0.407 e. The number of allylic oxidation sites excluding steroid dienone is 1. The van der Waals surface area contributed by atoms with E-state index >= 15 is 0 Å². The Kier molecular flexibility index (Phi) is 58.7. The van der Waals surface area contributed by atoms with Gasteiger partial charge in [0.15, 0.2) is 6.23 Å². The molecule has 0 aliphatic carbocycles. The van der Waals surface area contributed by atoms with E-state index in [4.69, 9.17) is 14.5 Å². The summed E-state index contributed by atoms with van der Waals surface area (Å²) >= 11 is 0. The maximum atomic E-state index is 12.5. The van der Waals surface area contributed by atoms with E-state index < -0.39 is 6.09 Å². The van der Waals surface area contributed by atoms with Crippen LogP contribution >= 0.6 is 0 Å². The van der Waals surface area contributed by atoms with Crippen LogP contribution in [-0.4, -0.2) is 75.5 Å². The van der Waals surface area contributed by atoms with Crippen molar-refractivity contribution in [1.29, 1.82) is 0 Å². The van der Waals surface area contributed by atoms with Gasteiger partial charge >= 0.3 is 12.1 Å². The highest BCUT2D eigenvalue weighted by molar-refractivity contribution is 5.93. The number of ether oxygens (including phenoxy) is 3. The first kappa shape index (κ1) is 83.7. The van der Waals surface area contributed by atoms with Crippen LogP contribution in [0.1, 0.15) is 250 Å². The minimum absolute atomic E-state index is 0.0146. The van der Waals surface area contributed by atoms with Gasteiger partial charge in [0.1, 0.15) is 11.6 Å². The number of rotatable bonds is 16. The molecule has 2 aromatic heterocycles. The van der Waals surface area contributed by atoms with E-state index in [0.717, 1.165) is 80.3 Å². The van der Waals surface area contributed by atoms with Gasteiger partial charge in [0, 0.05) is 54.7 Å². The second kappa shape index (κ2) is 54.7. The van der Waals surface area contributed by atoms with E-state index in [0.29, 0.717) is 32.4 Å². The Hall–Kier alpha value is -5.65. The molecular weight excluding hydrogens is 973 g/mol. The fourth-order valence-electron chi connectivity index (χ4n) is 7.18. The summed E-state index contributed by atoms with van der Waals surface area (Å²) in [5, 5.41) is 3.96. The molecule has 0 spiro atoms. The molecule has 1 aliphatic heterocycles. The van der Waals surface area contributed by atoms with Gasteiger partial charge < -0.3 is 34.0 Å². The van der Waals surface area contributed by atoms with Crippen molar-refractivity contribution in [2.24, 2.45) is 4.99 Å². The number of aromatic amines is 1. The number of H-pyrrole nitrogens is 1. The number of aryl methyl sites for hydroxylation is 1. The molecule has 0 saturated heterocycles. The molecule has 0 bridgehead atoms. The average molecular weight is 1090 g/mol. The molecule has 0 radical (unpaired) electrons. The topological polar surface area (TPSA) is 140 Å². The molecule has 4 aromatic rings. The van der Waals surface area contributed by atoms with Gasteiger partial charge in [-0.2, -0.15) is 0 Å². The summed E-state index contributed by atoms with van der Waals surface area (Å²) in [6.07, 6.45) is 10.4. The molecule has 5 rings (SSSR count). The second-order valence-corrected chi connectivity index (χ2v) is 15.8. The molecule has 2 N–H and O–H groups in total. The summed E-state index contributed by atoms with van der Waals surface area (Å²) in [4.78, 5) is 48.9. The molecule has 78 heavy (non-hydrogen) atoms. The first-order valence-corrected chi connectivity index (χ1v) is 30.3. The van der Waals surface area contributed by atoms with Gasteiger partial charge in [-0.05, 0) is 95.3 Å². The Balaban J connectivity index is -0.000000408. The summed E-state index contributed by atoms with van der Waals surface area (Å²) < 4.78 is 17.9. The number of methoxy groups -OCH3 is 1. The number of nitrogens with one attached hydrogen (secondary N) is 2. The van der Waals surface area contributed by atoms with Crippen LogP contribution in [-0.2, 0) is 25.5 Å². The fraction of sp³-hybridized carbons (Fsp3) is 0.621. The lowest BCUT2D eigenvalue weighted by molar-refractivity contribution is -0.140. The van der Waals surface area contributed by atoms with Crippen LogP contribution in [0.4, 0.5) is 4.79 Å². The van der Waals surface area contributed by atoms with E-state index in [1.165, 1.54) is 33.3 Å². The Morgan fingerprint density at radius 1 is 0.821 bits per heavy atom. The van der Waals surface area contributed by atoms with E-state index in [2.05, 4.69) is 122 Å². The number of hydrogen-bond donors (Lipinski definition) is 2. The lowest BCUT2D eigenvalue weighted by Gasteiger charge is -2.30. The molecule has 3 unspecified atom stereocenters. The Morgan fingerprint density at radius 2 is 1.38 bits per heavy atom. The zero-order valence-electron chi connectivity index (χ0n) is 55.4. The molecule has 12 heteroatoms. The highest BCUT2D eigenvalue weighted by Gasteiger charge is 2.26. The lowest BCUT2D eigenvalue weighted by Crippen LogP contribution is -2.43. The largest absolute Gasteiger partial charge is 0.470 e. The SMILES string of the molecule is C=C(CCc1ncc(-c2ccc3c(c2)cc2n3C(C)Oc3cc(/C(C)=C/N=C(C)C(CC)N(CC)C(=O)CC)ccc3-2)[nH]1)C(CC)NC(=O)OC.CC.CC.CC.CC.CC.CC.CC.CCC.CCCC.CCOC(C)=O. The van der Waals surface area contributed by atoms with Crippen molar-refractivity contribution in [2.75, 3.05) is 20.3 Å². The quantitative estimate of drug-likeness (QED) is 0.0647. The minimum atomic E-state index is -0.452. The van der Waals surface area contributed by atoms with Crippen molar-refractivity contribution in [1.82, 2.24) is 24.8 Å². The molecule has 2 amide bonds. The molecule has 3 heterocycles. The summed E-state index contributed by atoms with van der Waals surface area (Å²) in [6, 6.07) is 14.9. The zero-order chi connectivity index (χ0) is 61.9. The van der Waals surface area contributed by atoms with Crippen LogP contribution < -0.4 is 10.1 Å². The Bertz CT molecular complexity index is 2170. The number of unbranched alkanes of at least 4 members (excludes halogenated alkanes) is 1. The third-order valence-electron chi connectivity index (χ3n) is 10.7. The van der Waals surface area contributed by atoms with Crippen LogP contribution in [0, 0.1) is 0 Å². The van der Waals surface area contributed by atoms with E-state index in [9.17, 15) is 14.4 Å². The monoisotopic (exact) mass is 1090 g/mol. The van der Waals surface area contributed by atoms with Crippen molar-refractivity contribution in [3.05, 3.63) is 78.4 Å². The van der Waals surface area contributed by atoms with Crippen LogP contribution in [0.15, 0.2) is 72.0 Å². The number of carbonyl (C=O) groups excluding carboxylic acids is 3. The number of esters is 1. The van der Waals surface area contributed by atoms with Gasteiger partial charge in [0.25, 0.3) is 0 Å². The highest BCUT2D eigenvalue weighted by Crippen LogP contribution is 2.43. The lowest BCUT2D eigenvalue weighted by atomic mass is 10.0. The number of imidazole rings is 1. The van der Waals surface area contributed by atoms with E-state index in [-0.39, 0.29) is 30.2 Å². The smallest absolute Gasteiger partial charge is 0.407 e. The van der Waals surface area contributed by atoms with Gasteiger partial charge in [0.05, 0.1) is 48.9 Å². The van der Waals surface area contributed by atoms with E-state index in [1.54, 1.807) is 6.92 Å². The normalized spacial score (nSPS) is 11.8. The van der Waals surface area contributed by atoms with Crippen molar-refractivity contribution >= 4 is 40.2 Å². The molecule has 0 saturated carbocycles. The van der Waals surface area contributed by atoms with Gasteiger partial charge in [0.2, 0.25) is 5.91 Å². The van der Waals surface area contributed by atoms with Gasteiger partial charge in [-0.3, -0.25) is 14.6 Å². The highest BCUT2D eigenvalue weighted by atomic mass is 16.5. The fourth-order valence-corrected chi connectivity index (χ4v) is 7.18. The average Bonchev–Trinajstić information content (AvgIpc) is 4.14. The van der Waals surface area contributed by atoms with Gasteiger partial charge in [-0.15, -0.1) is 0 Å². The number of aromatic nitrogens is 3. The molecule has 12 nitrogen and oxygen atoms in total. The molecule has 1 aliphatic rings. The van der Waals surface area contributed by atoms with Crippen LogP contribution in [0.25, 0.3) is 39.0 Å². The summed E-state index contributed by atoms with van der Waals surface area (Å²) in [7, 11) is 1.36. The first-order valence-electron chi connectivity index (χ1n) is 30.3. The number of fused-ring (bicyclic) bond motifs is 5. The van der Waals surface area contributed by atoms with Crippen molar-refractivity contribution in [2.45, 2.75) is 257 Å². The Labute approximate surface area is 480 Å².